The Morgan fingerprint density at radius 2 is 1.88 bits per heavy atom. The second kappa shape index (κ2) is 7.30. The highest BCUT2D eigenvalue weighted by molar-refractivity contribution is 5.97. The molecule has 0 saturated heterocycles. The average Bonchev–Trinajstić information content (AvgIpc) is 2.27. The standard InChI is InChI=1S/C13H25NO3/c1-6-8-13(3,4)9-14-11(15)10(7-2)12(16)17-5/h10H,6-9H2,1-5H3,(H,14,15). The van der Waals surface area contributed by atoms with E-state index in [2.05, 4.69) is 30.8 Å². The third-order valence-electron chi connectivity index (χ3n) is 2.88. The molecule has 0 spiro atoms. The van der Waals surface area contributed by atoms with Crippen LogP contribution in [0.25, 0.3) is 0 Å². The topological polar surface area (TPSA) is 55.4 Å². The van der Waals surface area contributed by atoms with Crippen LogP contribution in [-0.4, -0.2) is 25.5 Å². The summed E-state index contributed by atoms with van der Waals surface area (Å²) in [7, 11) is 1.30. The second-order valence-electron chi connectivity index (χ2n) is 5.12. The molecule has 1 amide bonds. The van der Waals surface area contributed by atoms with Gasteiger partial charge in [0.15, 0.2) is 0 Å². The number of hydrogen-bond acceptors (Lipinski definition) is 3. The molecule has 1 atom stereocenters. The molecule has 4 nitrogen and oxygen atoms in total. The maximum atomic E-state index is 11.8. The van der Waals surface area contributed by atoms with Crippen LogP contribution < -0.4 is 5.32 Å². The number of rotatable bonds is 7. The molecular weight excluding hydrogens is 218 g/mol. The molecule has 0 aliphatic heterocycles. The Hall–Kier alpha value is -1.06. The molecular formula is C13H25NO3. The van der Waals surface area contributed by atoms with Gasteiger partial charge in [-0.1, -0.05) is 34.1 Å². The Morgan fingerprint density at radius 1 is 1.29 bits per heavy atom. The highest BCUT2D eigenvalue weighted by atomic mass is 16.5. The number of ether oxygens (including phenoxy) is 1. The maximum Gasteiger partial charge on any atom is 0.318 e. The molecule has 1 unspecified atom stereocenters. The van der Waals surface area contributed by atoms with Gasteiger partial charge in [-0.2, -0.15) is 0 Å². The van der Waals surface area contributed by atoms with Gasteiger partial charge in [0.1, 0.15) is 5.92 Å². The fraction of sp³-hybridized carbons (Fsp3) is 0.846. The van der Waals surface area contributed by atoms with E-state index in [0.717, 1.165) is 12.8 Å². The highest BCUT2D eigenvalue weighted by Crippen LogP contribution is 2.20. The molecule has 4 heteroatoms. The smallest absolute Gasteiger partial charge is 0.318 e. The number of hydrogen-bond donors (Lipinski definition) is 1. The zero-order chi connectivity index (χ0) is 13.5. The lowest BCUT2D eigenvalue weighted by Gasteiger charge is -2.25. The summed E-state index contributed by atoms with van der Waals surface area (Å²) in [5, 5.41) is 2.83. The van der Waals surface area contributed by atoms with Gasteiger partial charge < -0.3 is 10.1 Å². The fourth-order valence-electron chi connectivity index (χ4n) is 1.82. The van der Waals surface area contributed by atoms with Crippen molar-refractivity contribution in [3.05, 3.63) is 0 Å². The number of carbonyl (C=O) groups is 2. The molecule has 0 rings (SSSR count). The molecule has 0 bridgehead atoms. The first-order valence-corrected chi connectivity index (χ1v) is 6.23. The molecule has 0 heterocycles. The van der Waals surface area contributed by atoms with Gasteiger partial charge in [-0.05, 0) is 18.3 Å². The van der Waals surface area contributed by atoms with Crippen LogP contribution in [0.5, 0.6) is 0 Å². The SMILES string of the molecule is CCCC(C)(C)CNC(=O)C(CC)C(=O)OC. The van der Waals surface area contributed by atoms with Gasteiger partial charge in [0.25, 0.3) is 0 Å². The molecule has 0 aromatic carbocycles. The summed E-state index contributed by atoms with van der Waals surface area (Å²) in [4.78, 5) is 23.2. The van der Waals surface area contributed by atoms with Crippen molar-refractivity contribution >= 4 is 11.9 Å². The summed E-state index contributed by atoms with van der Waals surface area (Å²) in [6, 6.07) is 0. The minimum atomic E-state index is -0.683. The van der Waals surface area contributed by atoms with Crippen LogP contribution in [0.2, 0.25) is 0 Å². The van der Waals surface area contributed by atoms with E-state index in [1.165, 1.54) is 7.11 Å². The first kappa shape index (κ1) is 15.9. The molecule has 0 fully saturated rings. The lowest BCUT2D eigenvalue weighted by atomic mass is 9.88. The minimum Gasteiger partial charge on any atom is -0.468 e. The van der Waals surface area contributed by atoms with Crippen molar-refractivity contribution in [3.8, 4) is 0 Å². The van der Waals surface area contributed by atoms with Crippen LogP contribution in [0, 0.1) is 11.3 Å². The molecule has 17 heavy (non-hydrogen) atoms. The van der Waals surface area contributed by atoms with Gasteiger partial charge in [-0.15, -0.1) is 0 Å². The quantitative estimate of drug-likeness (QED) is 0.550. The summed E-state index contributed by atoms with van der Waals surface area (Å²) in [6.07, 6.45) is 2.59. The molecule has 0 saturated carbocycles. The normalized spacial score (nSPS) is 13.0. The summed E-state index contributed by atoms with van der Waals surface area (Å²) in [6.45, 7) is 8.73. The Kier molecular flexibility index (Phi) is 6.85. The molecule has 0 aliphatic carbocycles. The number of esters is 1. The molecule has 100 valence electrons. The summed E-state index contributed by atoms with van der Waals surface area (Å²) < 4.78 is 4.60. The molecule has 0 aromatic heterocycles. The van der Waals surface area contributed by atoms with Crippen molar-refractivity contribution in [2.24, 2.45) is 11.3 Å². The van der Waals surface area contributed by atoms with Gasteiger partial charge in [0, 0.05) is 6.54 Å². The van der Waals surface area contributed by atoms with Crippen molar-refractivity contribution < 1.29 is 14.3 Å². The molecule has 1 N–H and O–H groups in total. The molecule has 0 radical (unpaired) electrons. The first-order chi connectivity index (χ1) is 7.87. The van der Waals surface area contributed by atoms with Gasteiger partial charge in [-0.25, -0.2) is 0 Å². The van der Waals surface area contributed by atoms with Crippen LogP contribution in [0.15, 0.2) is 0 Å². The van der Waals surface area contributed by atoms with E-state index in [1.54, 1.807) is 6.92 Å². The zero-order valence-electron chi connectivity index (χ0n) is 11.6. The van der Waals surface area contributed by atoms with Gasteiger partial charge in [-0.3, -0.25) is 9.59 Å². The van der Waals surface area contributed by atoms with Crippen molar-refractivity contribution in [2.45, 2.75) is 47.0 Å². The fourth-order valence-corrected chi connectivity index (χ4v) is 1.82. The van der Waals surface area contributed by atoms with E-state index < -0.39 is 11.9 Å². The van der Waals surface area contributed by atoms with E-state index in [-0.39, 0.29) is 11.3 Å². The van der Waals surface area contributed by atoms with Crippen LogP contribution in [0.3, 0.4) is 0 Å². The third-order valence-corrected chi connectivity index (χ3v) is 2.88. The molecule has 0 aromatic rings. The predicted octanol–water partition coefficient (Wildman–Crippen LogP) is 2.13. The zero-order valence-corrected chi connectivity index (χ0v) is 11.6. The summed E-state index contributed by atoms with van der Waals surface area (Å²) in [5.74, 6) is -1.38. The van der Waals surface area contributed by atoms with Gasteiger partial charge in [0.2, 0.25) is 5.91 Å². The Morgan fingerprint density at radius 3 is 2.29 bits per heavy atom. The van der Waals surface area contributed by atoms with E-state index in [9.17, 15) is 9.59 Å². The second-order valence-corrected chi connectivity index (χ2v) is 5.12. The maximum absolute atomic E-state index is 11.8. The predicted molar refractivity (Wildman–Crippen MR) is 67.5 cm³/mol. The summed E-state index contributed by atoms with van der Waals surface area (Å²) in [5.41, 5.74) is 0.0683. The highest BCUT2D eigenvalue weighted by Gasteiger charge is 2.27. The van der Waals surface area contributed by atoms with Crippen LogP contribution in [0.4, 0.5) is 0 Å². The van der Waals surface area contributed by atoms with Crippen molar-refractivity contribution in [1.82, 2.24) is 5.32 Å². The van der Waals surface area contributed by atoms with Crippen molar-refractivity contribution in [1.29, 1.82) is 0 Å². The van der Waals surface area contributed by atoms with Crippen molar-refractivity contribution in [2.75, 3.05) is 13.7 Å². The van der Waals surface area contributed by atoms with E-state index in [4.69, 9.17) is 0 Å². The largest absolute Gasteiger partial charge is 0.468 e. The number of methoxy groups -OCH3 is 1. The first-order valence-electron chi connectivity index (χ1n) is 6.23. The van der Waals surface area contributed by atoms with Crippen LogP contribution in [0.1, 0.15) is 47.0 Å². The number of carbonyl (C=O) groups excluding carboxylic acids is 2. The Balaban J connectivity index is 4.29. The lowest BCUT2D eigenvalue weighted by Crippen LogP contribution is -2.40. The Labute approximate surface area is 104 Å². The average molecular weight is 243 g/mol. The summed E-state index contributed by atoms with van der Waals surface area (Å²) >= 11 is 0. The van der Waals surface area contributed by atoms with E-state index >= 15 is 0 Å². The number of nitrogens with one attached hydrogen (secondary N) is 1. The molecule has 0 aliphatic rings. The number of amides is 1. The minimum absolute atomic E-state index is 0.0683. The van der Waals surface area contributed by atoms with E-state index in [0.29, 0.717) is 13.0 Å². The van der Waals surface area contributed by atoms with Gasteiger partial charge >= 0.3 is 5.97 Å². The van der Waals surface area contributed by atoms with Crippen LogP contribution in [-0.2, 0) is 14.3 Å². The van der Waals surface area contributed by atoms with Crippen molar-refractivity contribution in [3.63, 3.8) is 0 Å². The third kappa shape index (κ3) is 5.71. The monoisotopic (exact) mass is 243 g/mol. The lowest BCUT2D eigenvalue weighted by molar-refractivity contribution is -0.150. The van der Waals surface area contributed by atoms with Gasteiger partial charge in [0.05, 0.1) is 7.11 Å². The Bertz CT molecular complexity index is 261. The van der Waals surface area contributed by atoms with E-state index in [1.807, 2.05) is 0 Å². The van der Waals surface area contributed by atoms with Crippen LogP contribution >= 0.6 is 0 Å².